The molecular formula is C10H4F6O3. The van der Waals surface area contributed by atoms with Crippen molar-refractivity contribution in [3.8, 4) is 17.2 Å². The fourth-order valence-electron chi connectivity index (χ4n) is 0.959. The lowest BCUT2D eigenvalue weighted by molar-refractivity contribution is 0.232. The van der Waals surface area contributed by atoms with E-state index in [1.165, 1.54) is 0 Å². The standard InChI is InChI=1S/C10H4F6O3/c11-7(12)9(15)18-5-1-4(17)2-6(3-5)19-10(16)8(13)14/h1-3,17H. The van der Waals surface area contributed by atoms with Gasteiger partial charge in [-0.1, -0.05) is 0 Å². The molecule has 0 fully saturated rings. The van der Waals surface area contributed by atoms with E-state index >= 15 is 0 Å². The number of halogens is 6. The molecule has 0 aliphatic heterocycles. The SMILES string of the molecule is Oc1cc(OC(F)=C(F)F)cc(OC(F)=C(F)F)c1. The summed E-state index contributed by atoms with van der Waals surface area (Å²) in [7, 11) is 0. The molecule has 1 aromatic carbocycles. The van der Waals surface area contributed by atoms with Crippen LogP contribution in [0.5, 0.6) is 17.2 Å². The number of hydrogen-bond acceptors (Lipinski definition) is 3. The van der Waals surface area contributed by atoms with E-state index in [4.69, 9.17) is 5.11 Å². The van der Waals surface area contributed by atoms with Gasteiger partial charge in [-0.05, 0) is 0 Å². The lowest BCUT2D eigenvalue weighted by atomic mass is 10.3. The number of hydrogen-bond donors (Lipinski definition) is 1. The van der Waals surface area contributed by atoms with Gasteiger partial charge in [-0.2, -0.15) is 26.3 Å². The zero-order valence-corrected chi connectivity index (χ0v) is 8.76. The van der Waals surface area contributed by atoms with Crippen molar-refractivity contribution in [2.45, 2.75) is 0 Å². The van der Waals surface area contributed by atoms with Gasteiger partial charge in [-0.3, -0.25) is 0 Å². The van der Waals surface area contributed by atoms with Crippen molar-refractivity contribution in [3.63, 3.8) is 0 Å². The van der Waals surface area contributed by atoms with Crippen molar-refractivity contribution < 1.29 is 40.9 Å². The van der Waals surface area contributed by atoms with Gasteiger partial charge in [0.05, 0.1) is 0 Å². The molecule has 0 atom stereocenters. The van der Waals surface area contributed by atoms with Crippen molar-refractivity contribution in [3.05, 3.63) is 42.4 Å². The maximum atomic E-state index is 12.4. The maximum absolute atomic E-state index is 12.4. The number of phenols is 1. The van der Waals surface area contributed by atoms with Crippen molar-refractivity contribution in [1.82, 2.24) is 0 Å². The summed E-state index contributed by atoms with van der Waals surface area (Å²) in [4.78, 5) is 0. The largest absolute Gasteiger partial charge is 0.508 e. The highest BCUT2D eigenvalue weighted by atomic mass is 19.3. The fraction of sp³-hybridized carbons (Fsp3) is 0. The Bertz CT molecular complexity index is 488. The smallest absolute Gasteiger partial charge is 0.344 e. The molecule has 0 saturated heterocycles. The molecule has 104 valence electrons. The quantitative estimate of drug-likeness (QED) is 0.665. The van der Waals surface area contributed by atoms with Crippen LogP contribution in [-0.2, 0) is 0 Å². The molecule has 0 radical (unpaired) electrons. The zero-order chi connectivity index (χ0) is 14.6. The van der Waals surface area contributed by atoms with Gasteiger partial charge in [-0.25, -0.2) is 0 Å². The Morgan fingerprint density at radius 2 is 1.11 bits per heavy atom. The van der Waals surface area contributed by atoms with Gasteiger partial charge in [0.2, 0.25) is 0 Å². The minimum Gasteiger partial charge on any atom is -0.508 e. The third-order valence-electron chi connectivity index (χ3n) is 1.58. The van der Waals surface area contributed by atoms with Gasteiger partial charge in [0.1, 0.15) is 17.2 Å². The summed E-state index contributed by atoms with van der Waals surface area (Å²) >= 11 is 0. The zero-order valence-electron chi connectivity index (χ0n) is 8.76. The minimum absolute atomic E-state index is 0.616. The van der Waals surface area contributed by atoms with Crippen LogP contribution in [-0.4, -0.2) is 5.11 Å². The maximum Gasteiger partial charge on any atom is 0.344 e. The van der Waals surface area contributed by atoms with E-state index in [-0.39, 0.29) is 0 Å². The summed E-state index contributed by atoms with van der Waals surface area (Å²) in [6, 6.07) is -2.54. The summed E-state index contributed by atoms with van der Waals surface area (Å²) in [5.74, 6) is -2.11. The van der Waals surface area contributed by atoms with Crippen LogP contribution in [0.25, 0.3) is 0 Å². The van der Waals surface area contributed by atoms with E-state index in [0.717, 1.165) is 0 Å². The first-order valence-corrected chi connectivity index (χ1v) is 4.41. The van der Waals surface area contributed by atoms with Crippen LogP contribution < -0.4 is 9.47 Å². The number of phenolic OH excluding ortho intramolecular Hbond substituents is 1. The second-order valence-electron chi connectivity index (χ2n) is 2.93. The third kappa shape index (κ3) is 4.45. The fourth-order valence-corrected chi connectivity index (χ4v) is 0.959. The average Bonchev–Trinajstić information content (AvgIpc) is 2.27. The molecule has 0 aliphatic carbocycles. The lowest BCUT2D eigenvalue weighted by Gasteiger charge is -2.06. The average molecular weight is 286 g/mol. The summed E-state index contributed by atoms with van der Waals surface area (Å²) in [5.41, 5.74) is 0. The van der Waals surface area contributed by atoms with Crippen LogP contribution in [0.1, 0.15) is 0 Å². The van der Waals surface area contributed by atoms with E-state index in [2.05, 4.69) is 9.47 Å². The topological polar surface area (TPSA) is 38.7 Å². The Hall–Kier alpha value is -2.32. The van der Waals surface area contributed by atoms with Gasteiger partial charge in [0.15, 0.2) is 0 Å². The molecule has 0 aromatic heterocycles. The molecule has 1 N–H and O–H groups in total. The first kappa shape index (κ1) is 14.7. The molecule has 0 aliphatic rings. The second kappa shape index (κ2) is 6.03. The molecule has 1 aromatic rings. The van der Waals surface area contributed by atoms with E-state index in [1.807, 2.05) is 0 Å². The van der Waals surface area contributed by atoms with E-state index in [9.17, 15) is 26.3 Å². The Morgan fingerprint density at radius 1 is 0.737 bits per heavy atom. The van der Waals surface area contributed by atoms with Gasteiger partial charge in [0.25, 0.3) is 0 Å². The first-order valence-electron chi connectivity index (χ1n) is 4.41. The highest BCUT2D eigenvalue weighted by Gasteiger charge is 2.13. The van der Waals surface area contributed by atoms with Crippen LogP contribution in [0.2, 0.25) is 0 Å². The molecule has 0 bridgehead atoms. The Labute approximate surface area is 102 Å². The molecule has 3 nitrogen and oxygen atoms in total. The van der Waals surface area contributed by atoms with Crippen molar-refractivity contribution in [2.24, 2.45) is 0 Å². The molecule has 0 saturated carbocycles. The summed E-state index contributed by atoms with van der Waals surface area (Å²) in [6.45, 7) is 0. The second-order valence-corrected chi connectivity index (χ2v) is 2.93. The molecular weight excluding hydrogens is 282 g/mol. The predicted molar refractivity (Wildman–Crippen MR) is 50.1 cm³/mol. The Balaban J connectivity index is 3.01. The molecule has 19 heavy (non-hydrogen) atoms. The van der Waals surface area contributed by atoms with Crippen LogP contribution >= 0.6 is 0 Å². The number of benzene rings is 1. The number of ether oxygens (including phenoxy) is 2. The molecule has 0 amide bonds. The van der Waals surface area contributed by atoms with Gasteiger partial charge < -0.3 is 14.6 Å². The van der Waals surface area contributed by atoms with Gasteiger partial charge >= 0.3 is 24.2 Å². The molecule has 0 spiro atoms. The monoisotopic (exact) mass is 286 g/mol. The van der Waals surface area contributed by atoms with Crippen LogP contribution in [0.15, 0.2) is 42.4 Å². The normalized spacial score (nSPS) is 9.79. The molecule has 0 unspecified atom stereocenters. The number of rotatable bonds is 4. The van der Waals surface area contributed by atoms with Crippen molar-refractivity contribution in [1.29, 1.82) is 0 Å². The molecule has 9 heteroatoms. The lowest BCUT2D eigenvalue weighted by Crippen LogP contribution is -1.94. The van der Waals surface area contributed by atoms with Gasteiger partial charge in [-0.15, -0.1) is 0 Å². The van der Waals surface area contributed by atoms with E-state index in [0.29, 0.717) is 18.2 Å². The molecule has 1 rings (SSSR count). The van der Waals surface area contributed by atoms with E-state index in [1.54, 1.807) is 0 Å². The molecule has 0 heterocycles. The van der Waals surface area contributed by atoms with Crippen molar-refractivity contribution in [2.75, 3.05) is 0 Å². The Kier molecular flexibility index (Phi) is 4.67. The van der Waals surface area contributed by atoms with Crippen LogP contribution in [0.4, 0.5) is 26.3 Å². The highest BCUT2D eigenvalue weighted by Crippen LogP contribution is 2.30. The summed E-state index contributed by atoms with van der Waals surface area (Å²) in [6.07, 6.45) is -5.54. The third-order valence-corrected chi connectivity index (χ3v) is 1.58. The Morgan fingerprint density at radius 3 is 1.42 bits per heavy atom. The summed E-state index contributed by atoms with van der Waals surface area (Å²) < 4.78 is 79.8. The summed E-state index contributed by atoms with van der Waals surface area (Å²) in [5, 5.41) is 9.08. The van der Waals surface area contributed by atoms with Gasteiger partial charge in [0, 0.05) is 18.2 Å². The highest BCUT2D eigenvalue weighted by molar-refractivity contribution is 5.42. The van der Waals surface area contributed by atoms with Crippen LogP contribution in [0.3, 0.4) is 0 Å². The van der Waals surface area contributed by atoms with Crippen LogP contribution in [0, 0.1) is 0 Å². The first-order chi connectivity index (χ1) is 8.79. The number of aromatic hydroxyl groups is 1. The minimum atomic E-state index is -2.77. The van der Waals surface area contributed by atoms with E-state index < -0.39 is 41.4 Å². The predicted octanol–water partition coefficient (Wildman–Crippen LogP) is 4.22. The van der Waals surface area contributed by atoms with Crippen molar-refractivity contribution >= 4 is 0 Å².